The minimum absolute atomic E-state index is 0.0275. The van der Waals surface area contributed by atoms with Gasteiger partial charge in [0.05, 0.1) is 24.7 Å². The molecule has 2 aromatic carbocycles. The second-order valence-electron chi connectivity index (χ2n) is 7.91. The van der Waals surface area contributed by atoms with E-state index in [0.29, 0.717) is 0 Å². The molecule has 1 heterocycles. The molecule has 2 N–H and O–H groups in total. The molecular formula is C23H28N4O4S. The van der Waals surface area contributed by atoms with Crippen molar-refractivity contribution < 1.29 is 17.9 Å². The fourth-order valence-electron chi connectivity index (χ4n) is 4.23. The van der Waals surface area contributed by atoms with Crippen molar-refractivity contribution in [2.45, 2.75) is 56.6 Å². The number of benzene rings is 2. The third-order valence-electron chi connectivity index (χ3n) is 5.85. The highest BCUT2D eigenvalue weighted by atomic mass is 32.2. The normalized spacial score (nSPS) is 14.7. The quantitative estimate of drug-likeness (QED) is 0.542. The van der Waals surface area contributed by atoms with Gasteiger partial charge in [-0.2, -0.15) is 0 Å². The zero-order chi connectivity index (χ0) is 22.7. The van der Waals surface area contributed by atoms with Crippen LogP contribution in [0, 0.1) is 0 Å². The molecule has 1 aromatic heterocycles. The van der Waals surface area contributed by atoms with Gasteiger partial charge >= 0.3 is 0 Å². The van der Waals surface area contributed by atoms with Crippen LogP contribution in [0.2, 0.25) is 0 Å². The van der Waals surface area contributed by atoms with Crippen molar-refractivity contribution in [3.8, 4) is 5.75 Å². The van der Waals surface area contributed by atoms with Crippen LogP contribution in [0.25, 0.3) is 11.0 Å². The topological polar surface area (TPSA) is 102 Å². The van der Waals surface area contributed by atoms with Gasteiger partial charge in [0.25, 0.3) is 5.91 Å². The third kappa shape index (κ3) is 4.49. The number of nitrogens with zero attached hydrogens (tertiary/aromatic N) is 2. The lowest BCUT2D eigenvalue weighted by Crippen LogP contribution is -2.33. The molecule has 4 rings (SSSR count). The van der Waals surface area contributed by atoms with Crippen LogP contribution >= 0.6 is 0 Å². The van der Waals surface area contributed by atoms with Gasteiger partial charge in [0.2, 0.25) is 10.0 Å². The summed E-state index contributed by atoms with van der Waals surface area (Å²) in [5.74, 6) is 0.575. The van der Waals surface area contributed by atoms with E-state index in [1.807, 2.05) is 35.8 Å². The third-order valence-corrected chi connectivity index (χ3v) is 7.39. The Morgan fingerprint density at radius 2 is 1.94 bits per heavy atom. The SMILES string of the molecule is CCn1c(CNC(=O)c2ccc(OC)c(S(=O)(=O)NC3CCCC3)c2)nc2ccccc21. The number of carbonyl (C=O) groups excluding carboxylic acids is 1. The summed E-state index contributed by atoms with van der Waals surface area (Å²) in [5, 5.41) is 2.86. The standard InChI is InChI=1S/C23H28N4O4S/c1-3-27-19-11-7-6-10-18(19)25-22(27)15-24-23(28)16-12-13-20(31-2)21(14-16)32(29,30)26-17-8-4-5-9-17/h6-7,10-14,17,26H,3-5,8-9,15H2,1-2H3,(H,24,28). The molecule has 9 heteroatoms. The lowest BCUT2D eigenvalue weighted by molar-refractivity contribution is 0.0949. The molecule has 1 fully saturated rings. The maximum Gasteiger partial charge on any atom is 0.251 e. The minimum atomic E-state index is -3.81. The highest BCUT2D eigenvalue weighted by Gasteiger charge is 2.26. The van der Waals surface area contributed by atoms with Crippen LogP contribution in [-0.4, -0.2) is 37.0 Å². The van der Waals surface area contributed by atoms with Crippen molar-refractivity contribution >= 4 is 27.0 Å². The van der Waals surface area contributed by atoms with E-state index in [1.165, 1.54) is 19.2 Å². The molecule has 0 atom stereocenters. The van der Waals surface area contributed by atoms with Gasteiger partial charge in [-0.1, -0.05) is 25.0 Å². The van der Waals surface area contributed by atoms with Crippen molar-refractivity contribution in [3.63, 3.8) is 0 Å². The number of nitrogens with one attached hydrogen (secondary N) is 2. The van der Waals surface area contributed by atoms with Crippen LogP contribution in [0.1, 0.15) is 48.8 Å². The molecule has 1 saturated carbocycles. The number of methoxy groups -OCH3 is 1. The monoisotopic (exact) mass is 456 g/mol. The summed E-state index contributed by atoms with van der Waals surface area (Å²) in [6.45, 7) is 2.98. The van der Waals surface area contributed by atoms with Gasteiger partial charge in [-0.15, -0.1) is 0 Å². The van der Waals surface area contributed by atoms with Gasteiger partial charge in [0, 0.05) is 18.2 Å². The molecule has 0 radical (unpaired) electrons. The Bertz CT molecular complexity index is 1230. The summed E-state index contributed by atoms with van der Waals surface area (Å²) < 4.78 is 36.0. The molecule has 0 spiro atoms. The molecule has 1 aliphatic rings. The molecule has 0 unspecified atom stereocenters. The molecule has 1 aliphatic carbocycles. The Morgan fingerprint density at radius 3 is 2.66 bits per heavy atom. The Labute approximate surface area is 188 Å². The number of hydrogen-bond acceptors (Lipinski definition) is 5. The number of aromatic nitrogens is 2. The molecule has 32 heavy (non-hydrogen) atoms. The lowest BCUT2D eigenvalue weighted by atomic mass is 10.2. The number of fused-ring (bicyclic) bond motifs is 1. The number of amides is 1. The number of aryl methyl sites for hydroxylation is 1. The fourth-order valence-corrected chi connectivity index (χ4v) is 5.73. The highest BCUT2D eigenvalue weighted by molar-refractivity contribution is 7.89. The van der Waals surface area contributed by atoms with Crippen molar-refractivity contribution in [3.05, 3.63) is 53.9 Å². The first kappa shape index (κ1) is 22.3. The predicted octanol–water partition coefficient (Wildman–Crippen LogP) is 3.22. The number of imidazole rings is 1. The van der Waals surface area contributed by atoms with Crippen LogP contribution < -0.4 is 14.8 Å². The van der Waals surface area contributed by atoms with Gasteiger partial charge in [0.1, 0.15) is 16.5 Å². The van der Waals surface area contributed by atoms with Gasteiger partial charge < -0.3 is 14.6 Å². The first-order chi connectivity index (χ1) is 15.4. The zero-order valence-corrected chi connectivity index (χ0v) is 19.1. The fraction of sp³-hybridized carbons (Fsp3) is 0.391. The van der Waals surface area contributed by atoms with E-state index in [4.69, 9.17) is 4.74 Å². The lowest BCUT2D eigenvalue weighted by Gasteiger charge is -2.16. The smallest absolute Gasteiger partial charge is 0.251 e. The zero-order valence-electron chi connectivity index (χ0n) is 18.3. The van der Waals surface area contributed by atoms with Crippen molar-refractivity contribution in [1.82, 2.24) is 19.6 Å². The molecule has 0 bridgehead atoms. The molecule has 3 aromatic rings. The maximum absolute atomic E-state index is 13.0. The van der Waals surface area contributed by atoms with Crippen LogP contribution in [-0.2, 0) is 23.1 Å². The number of hydrogen-bond donors (Lipinski definition) is 2. The number of carbonyl (C=O) groups is 1. The van der Waals surface area contributed by atoms with E-state index in [0.717, 1.165) is 49.1 Å². The van der Waals surface area contributed by atoms with Crippen LogP contribution in [0.5, 0.6) is 5.75 Å². The van der Waals surface area contributed by atoms with Crippen molar-refractivity contribution in [1.29, 1.82) is 0 Å². The van der Waals surface area contributed by atoms with Gasteiger partial charge in [0.15, 0.2) is 0 Å². The van der Waals surface area contributed by atoms with Gasteiger partial charge in [-0.3, -0.25) is 4.79 Å². The first-order valence-electron chi connectivity index (χ1n) is 10.9. The molecule has 170 valence electrons. The average molecular weight is 457 g/mol. The Hall–Kier alpha value is -2.91. The van der Waals surface area contributed by atoms with Crippen LogP contribution in [0.3, 0.4) is 0 Å². The van der Waals surface area contributed by atoms with Crippen LogP contribution in [0.4, 0.5) is 0 Å². The van der Waals surface area contributed by atoms with Crippen molar-refractivity contribution in [2.24, 2.45) is 0 Å². The Kier molecular flexibility index (Phi) is 6.48. The summed E-state index contributed by atoms with van der Waals surface area (Å²) in [5.41, 5.74) is 2.13. The number of sulfonamides is 1. The van der Waals surface area contributed by atoms with E-state index in [9.17, 15) is 13.2 Å². The van der Waals surface area contributed by atoms with Crippen molar-refractivity contribution in [2.75, 3.05) is 7.11 Å². The van der Waals surface area contributed by atoms with Crippen LogP contribution in [0.15, 0.2) is 47.4 Å². The highest BCUT2D eigenvalue weighted by Crippen LogP contribution is 2.27. The number of rotatable bonds is 8. The minimum Gasteiger partial charge on any atom is -0.495 e. The van der Waals surface area contributed by atoms with E-state index in [2.05, 4.69) is 15.0 Å². The second-order valence-corrected chi connectivity index (χ2v) is 9.59. The molecular weight excluding hydrogens is 428 g/mol. The molecule has 1 amide bonds. The molecule has 8 nitrogen and oxygen atoms in total. The average Bonchev–Trinajstić information content (AvgIpc) is 3.43. The summed E-state index contributed by atoms with van der Waals surface area (Å²) in [7, 11) is -2.39. The number of para-hydroxylation sites is 2. The largest absolute Gasteiger partial charge is 0.495 e. The first-order valence-corrected chi connectivity index (χ1v) is 12.3. The Balaban J connectivity index is 1.55. The number of ether oxygens (including phenoxy) is 1. The molecule has 0 saturated heterocycles. The van der Waals surface area contributed by atoms with E-state index in [-0.39, 0.29) is 34.7 Å². The predicted molar refractivity (Wildman–Crippen MR) is 122 cm³/mol. The van der Waals surface area contributed by atoms with E-state index < -0.39 is 10.0 Å². The van der Waals surface area contributed by atoms with Gasteiger partial charge in [-0.05, 0) is 50.1 Å². The Morgan fingerprint density at radius 1 is 1.19 bits per heavy atom. The summed E-state index contributed by atoms with van der Waals surface area (Å²) in [6, 6.07) is 12.2. The maximum atomic E-state index is 13.0. The summed E-state index contributed by atoms with van der Waals surface area (Å²) in [4.78, 5) is 17.4. The van der Waals surface area contributed by atoms with Gasteiger partial charge in [-0.25, -0.2) is 18.1 Å². The summed E-state index contributed by atoms with van der Waals surface area (Å²) >= 11 is 0. The second kappa shape index (κ2) is 9.30. The van der Waals surface area contributed by atoms with E-state index in [1.54, 1.807) is 6.07 Å². The summed E-state index contributed by atoms with van der Waals surface area (Å²) in [6.07, 6.45) is 3.66. The molecule has 0 aliphatic heterocycles. The van der Waals surface area contributed by atoms with E-state index >= 15 is 0 Å².